The third-order valence-electron chi connectivity index (χ3n) is 5.67. The quantitative estimate of drug-likeness (QED) is 0.396. The molecular weight excluding hydrogens is 442 g/mol. The lowest BCUT2D eigenvalue weighted by Crippen LogP contribution is -2.26. The summed E-state index contributed by atoms with van der Waals surface area (Å²) in [5.74, 6) is 0.742. The van der Waals surface area contributed by atoms with Gasteiger partial charge >= 0.3 is 0 Å². The summed E-state index contributed by atoms with van der Waals surface area (Å²) < 4.78 is 8.75. The van der Waals surface area contributed by atoms with E-state index < -0.39 is 0 Å². The Morgan fingerprint density at radius 2 is 1.74 bits per heavy atom. The second kappa shape index (κ2) is 10.5. The summed E-state index contributed by atoms with van der Waals surface area (Å²) in [6, 6.07) is 15.6. The van der Waals surface area contributed by atoms with Crippen molar-refractivity contribution in [1.82, 2.24) is 24.9 Å². The van der Waals surface area contributed by atoms with Crippen molar-refractivity contribution in [2.75, 3.05) is 0 Å². The standard InChI is InChI=1S/C27H31N5O3/c1-18(2)35-23-13-9-21(10-14-23)16-28-25(33)6-5-15-31-27(34)26-24(20(4)29-31)17-32(30-26)22-11-7-19(3)8-12-22/h7-14,17-18H,5-6,15-16H2,1-4H3,(H,28,33). The lowest BCUT2D eigenvalue weighted by molar-refractivity contribution is -0.121. The number of aromatic nitrogens is 4. The molecule has 2 aromatic carbocycles. The van der Waals surface area contributed by atoms with Crippen LogP contribution in [0.1, 0.15) is 43.5 Å². The zero-order chi connectivity index (χ0) is 24.9. The zero-order valence-electron chi connectivity index (χ0n) is 20.6. The van der Waals surface area contributed by atoms with Crippen molar-refractivity contribution < 1.29 is 9.53 Å². The summed E-state index contributed by atoms with van der Waals surface area (Å²) in [7, 11) is 0. The van der Waals surface area contributed by atoms with Crippen LogP contribution in [0.25, 0.3) is 16.6 Å². The zero-order valence-corrected chi connectivity index (χ0v) is 20.6. The fourth-order valence-electron chi connectivity index (χ4n) is 3.82. The Labute approximate surface area is 204 Å². The van der Waals surface area contributed by atoms with Crippen LogP contribution in [0.5, 0.6) is 5.75 Å². The predicted molar refractivity (Wildman–Crippen MR) is 136 cm³/mol. The maximum Gasteiger partial charge on any atom is 0.295 e. The molecule has 0 bridgehead atoms. The molecule has 0 aliphatic heterocycles. The molecule has 0 atom stereocenters. The number of nitrogens with one attached hydrogen (secondary N) is 1. The first-order valence-electron chi connectivity index (χ1n) is 11.9. The van der Waals surface area contributed by atoms with E-state index in [0.717, 1.165) is 33.6 Å². The molecule has 2 aromatic heterocycles. The van der Waals surface area contributed by atoms with Gasteiger partial charge < -0.3 is 10.1 Å². The number of fused-ring (bicyclic) bond motifs is 1. The van der Waals surface area contributed by atoms with Gasteiger partial charge in [-0.25, -0.2) is 9.36 Å². The number of carbonyl (C=O) groups excluding carboxylic acids is 1. The number of amides is 1. The molecule has 35 heavy (non-hydrogen) atoms. The fraction of sp³-hybridized carbons (Fsp3) is 0.333. The average molecular weight is 474 g/mol. The predicted octanol–water partition coefficient (Wildman–Crippen LogP) is 4.08. The molecule has 0 saturated carbocycles. The summed E-state index contributed by atoms with van der Waals surface area (Å²) in [5, 5.41) is 12.6. The van der Waals surface area contributed by atoms with E-state index in [0.29, 0.717) is 31.4 Å². The van der Waals surface area contributed by atoms with Crippen LogP contribution >= 0.6 is 0 Å². The molecule has 182 valence electrons. The highest BCUT2D eigenvalue weighted by Gasteiger charge is 2.13. The van der Waals surface area contributed by atoms with Crippen molar-refractivity contribution in [3.8, 4) is 11.4 Å². The van der Waals surface area contributed by atoms with Gasteiger partial charge in [0, 0.05) is 31.1 Å². The first kappa shape index (κ1) is 24.2. The van der Waals surface area contributed by atoms with E-state index in [4.69, 9.17) is 4.74 Å². The van der Waals surface area contributed by atoms with Gasteiger partial charge in [-0.05, 0) is 63.9 Å². The molecule has 0 spiro atoms. The molecule has 0 aliphatic rings. The number of hydrogen-bond acceptors (Lipinski definition) is 5. The van der Waals surface area contributed by atoms with Gasteiger partial charge in [-0.3, -0.25) is 9.59 Å². The van der Waals surface area contributed by atoms with Crippen LogP contribution in [0.2, 0.25) is 0 Å². The van der Waals surface area contributed by atoms with Crippen LogP contribution in [0.4, 0.5) is 0 Å². The Morgan fingerprint density at radius 1 is 1.03 bits per heavy atom. The Balaban J connectivity index is 1.34. The molecule has 0 fully saturated rings. The van der Waals surface area contributed by atoms with Gasteiger partial charge in [0.15, 0.2) is 5.52 Å². The number of benzene rings is 2. The summed E-state index contributed by atoms with van der Waals surface area (Å²) in [6.07, 6.45) is 2.76. The molecule has 0 aliphatic carbocycles. The topological polar surface area (TPSA) is 91.0 Å². The normalized spacial score (nSPS) is 11.2. The number of ether oxygens (including phenoxy) is 1. The first-order valence-corrected chi connectivity index (χ1v) is 11.9. The number of carbonyl (C=O) groups is 1. The number of aryl methyl sites for hydroxylation is 3. The molecule has 0 unspecified atom stereocenters. The average Bonchev–Trinajstić information content (AvgIpc) is 3.28. The van der Waals surface area contributed by atoms with E-state index in [-0.39, 0.29) is 17.6 Å². The minimum atomic E-state index is -0.249. The van der Waals surface area contributed by atoms with Crippen LogP contribution in [-0.4, -0.2) is 31.6 Å². The maximum absolute atomic E-state index is 13.0. The first-order chi connectivity index (χ1) is 16.8. The maximum atomic E-state index is 13.0. The van der Waals surface area contributed by atoms with Crippen molar-refractivity contribution in [3.05, 3.63) is 81.9 Å². The minimum absolute atomic E-state index is 0.0676. The van der Waals surface area contributed by atoms with E-state index in [1.807, 2.05) is 82.4 Å². The molecule has 8 heteroatoms. The lowest BCUT2D eigenvalue weighted by Gasteiger charge is -2.10. The van der Waals surface area contributed by atoms with Crippen molar-refractivity contribution in [2.45, 2.75) is 59.7 Å². The highest BCUT2D eigenvalue weighted by atomic mass is 16.5. The van der Waals surface area contributed by atoms with Gasteiger partial charge in [0.25, 0.3) is 5.56 Å². The van der Waals surface area contributed by atoms with E-state index in [2.05, 4.69) is 15.5 Å². The molecule has 4 aromatic rings. The summed E-state index contributed by atoms with van der Waals surface area (Å²) in [4.78, 5) is 25.3. The number of hydrogen-bond donors (Lipinski definition) is 1. The van der Waals surface area contributed by atoms with E-state index in [1.54, 1.807) is 4.68 Å². The highest BCUT2D eigenvalue weighted by Crippen LogP contribution is 2.16. The highest BCUT2D eigenvalue weighted by molar-refractivity contribution is 5.79. The van der Waals surface area contributed by atoms with Gasteiger partial charge in [-0.2, -0.15) is 10.2 Å². The van der Waals surface area contributed by atoms with E-state index in [9.17, 15) is 9.59 Å². The molecule has 2 heterocycles. The molecule has 4 rings (SSSR count). The number of rotatable bonds is 9. The molecule has 1 amide bonds. The summed E-state index contributed by atoms with van der Waals surface area (Å²) in [6.45, 7) is 8.65. The Kier molecular flexibility index (Phi) is 7.29. The number of nitrogens with zero attached hydrogens (tertiary/aromatic N) is 4. The van der Waals surface area contributed by atoms with Gasteiger partial charge in [0.1, 0.15) is 5.75 Å². The Bertz CT molecular complexity index is 1370. The van der Waals surface area contributed by atoms with Crippen molar-refractivity contribution in [1.29, 1.82) is 0 Å². The Hall–Kier alpha value is -3.94. The van der Waals surface area contributed by atoms with Gasteiger partial charge in [0.2, 0.25) is 5.91 Å². The molecular formula is C27H31N5O3. The summed E-state index contributed by atoms with van der Waals surface area (Å²) in [5.41, 5.74) is 3.90. The smallest absolute Gasteiger partial charge is 0.295 e. The lowest BCUT2D eigenvalue weighted by atomic mass is 10.2. The van der Waals surface area contributed by atoms with Crippen LogP contribution in [-0.2, 0) is 17.9 Å². The third kappa shape index (κ3) is 5.95. The van der Waals surface area contributed by atoms with Crippen molar-refractivity contribution >= 4 is 16.8 Å². The van der Waals surface area contributed by atoms with Gasteiger partial charge in [0.05, 0.1) is 17.5 Å². The van der Waals surface area contributed by atoms with Gasteiger partial charge in [-0.1, -0.05) is 29.8 Å². The SMILES string of the molecule is Cc1ccc(-n2cc3c(C)nn(CCCC(=O)NCc4ccc(OC(C)C)cc4)c(=O)c3n2)cc1. The fourth-order valence-corrected chi connectivity index (χ4v) is 3.82. The van der Waals surface area contributed by atoms with Crippen LogP contribution in [0.3, 0.4) is 0 Å². The van der Waals surface area contributed by atoms with Crippen LogP contribution in [0.15, 0.2) is 59.5 Å². The van der Waals surface area contributed by atoms with Crippen molar-refractivity contribution in [2.24, 2.45) is 0 Å². The molecule has 0 saturated heterocycles. The third-order valence-corrected chi connectivity index (χ3v) is 5.67. The van der Waals surface area contributed by atoms with E-state index in [1.165, 1.54) is 4.68 Å². The van der Waals surface area contributed by atoms with E-state index >= 15 is 0 Å². The second-order valence-corrected chi connectivity index (χ2v) is 8.98. The summed E-state index contributed by atoms with van der Waals surface area (Å²) >= 11 is 0. The second-order valence-electron chi connectivity index (χ2n) is 8.98. The minimum Gasteiger partial charge on any atom is -0.491 e. The van der Waals surface area contributed by atoms with Crippen molar-refractivity contribution in [3.63, 3.8) is 0 Å². The molecule has 0 radical (unpaired) electrons. The van der Waals surface area contributed by atoms with Gasteiger partial charge in [-0.15, -0.1) is 0 Å². The monoisotopic (exact) mass is 473 g/mol. The van der Waals surface area contributed by atoms with Crippen LogP contribution in [0, 0.1) is 13.8 Å². The Morgan fingerprint density at radius 3 is 2.43 bits per heavy atom. The largest absolute Gasteiger partial charge is 0.491 e. The van der Waals surface area contributed by atoms with Crippen LogP contribution < -0.4 is 15.6 Å². The molecule has 8 nitrogen and oxygen atoms in total. The molecule has 1 N–H and O–H groups in total.